The van der Waals surface area contributed by atoms with Gasteiger partial charge in [-0.05, 0) is 35.1 Å². The van der Waals surface area contributed by atoms with Gasteiger partial charge >= 0.3 is 12.1 Å². The molecule has 0 saturated carbocycles. The van der Waals surface area contributed by atoms with Gasteiger partial charge in [0.25, 0.3) is 0 Å². The van der Waals surface area contributed by atoms with Crippen molar-refractivity contribution in [1.82, 2.24) is 5.32 Å². The van der Waals surface area contributed by atoms with Crippen molar-refractivity contribution in [2.75, 3.05) is 27.4 Å². The fraction of sp³-hybridized carbons (Fsp3) is 0.310. The maximum absolute atomic E-state index is 12.7. The van der Waals surface area contributed by atoms with E-state index in [-0.39, 0.29) is 25.5 Å². The molecule has 1 aliphatic rings. The predicted molar refractivity (Wildman–Crippen MR) is 138 cm³/mol. The molecular weight excluding hydrogens is 474 g/mol. The highest BCUT2D eigenvalue weighted by molar-refractivity contribution is 5.79. The van der Waals surface area contributed by atoms with E-state index in [1.807, 2.05) is 24.3 Å². The second-order valence-electron chi connectivity index (χ2n) is 8.68. The van der Waals surface area contributed by atoms with Crippen molar-refractivity contribution in [3.63, 3.8) is 0 Å². The van der Waals surface area contributed by atoms with Gasteiger partial charge < -0.3 is 29.4 Å². The van der Waals surface area contributed by atoms with Gasteiger partial charge in [-0.3, -0.25) is 4.79 Å². The number of ether oxygens (including phenoxy) is 4. The highest BCUT2D eigenvalue weighted by Crippen LogP contribution is 2.44. The van der Waals surface area contributed by atoms with Gasteiger partial charge in [0.05, 0.1) is 32.9 Å². The molecule has 0 heterocycles. The smallest absolute Gasteiger partial charge is 0.407 e. The normalized spacial score (nSPS) is 11.8. The Balaban J connectivity index is 1.40. The van der Waals surface area contributed by atoms with E-state index in [9.17, 15) is 9.59 Å². The van der Waals surface area contributed by atoms with E-state index in [1.165, 1.54) is 18.2 Å². The lowest BCUT2D eigenvalue weighted by molar-refractivity contribution is -0.137. The number of benzene rings is 3. The molecule has 4 rings (SSSR count). The van der Waals surface area contributed by atoms with E-state index in [2.05, 4.69) is 29.6 Å². The minimum absolute atomic E-state index is 0.0293. The van der Waals surface area contributed by atoms with Crippen LogP contribution in [-0.4, -0.2) is 44.6 Å². The summed E-state index contributed by atoms with van der Waals surface area (Å²) in [6, 6.07) is 19.8. The summed E-state index contributed by atoms with van der Waals surface area (Å²) in [4.78, 5) is 23.4. The van der Waals surface area contributed by atoms with Crippen LogP contribution in [0.1, 0.15) is 41.9 Å². The van der Waals surface area contributed by atoms with Crippen molar-refractivity contribution in [2.24, 2.45) is 0 Å². The zero-order valence-corrected chi connectivity index (χ0v) is 21.0. The van der Waals surface area contributed by atoms with Crippen LogP contribution in [0.25, 0.3) is 11.1 Å². The molecule has 0 atom stereocenters. The number of unbranched alkanes of at least 4 members (excludes halogenated alkanes) is 1. The highest BCUT2D eigenvalue weighted by atomic mass is 16.5. The van der Waals surface area contributed by atoms with Crippen LogP contribution in [0.4, 0.5) is 4.79 Å². The third-order valence-corrected chi connectivity index (χ3v) is 6.39. The van der Waals surface area contributed by atoms with Crippen LogP contribution in [0.15, 0.2) is 60.7 Å². The predicted octanol–water partition coefficient (Wildman–Crippen LogP) is 5.38. The summed E-state index contributed by atoms with van der Waals surface area (Å²) in [5, 5.41) is 11.6. The monoisotopic (exact) mass is 505 g/mol. The van der Waals surface area contributed by atoms with E-state index in [0.717, 1.165) is 11.1 Å². The number of amides is 1. The lowest BCUT2D eigenvalue weighted by Gasteiger charge is -2.18. The molecule has 0 bridgehead atoms. The van der Waals surface area contributed by atoms with E-state index in [4.69, 9.17) is 24.1 Å². The van der Waals surface area contributed by atoms with Crippen LogP contribution in [-0.2, 0) is 16.1 Å². The molecule has 1 amide bonds. The van der Waals surface area contributed by atoms with Gasteiger partial charge in [-0.15, -0.1) is 0 Å². The molecule has 3 aromatic rings. The SMILES string of the molecule is COc1cc(OC)c(CNC(=O)OCC2c3ccccc3-c3ccccc32)c(OCCCCC(=O)O)c1. The molecular formula is C29H31NO7. The second-order valence-corrected chi connectivity index (χ2v) is 8.68. The maximum atomic E-state index is 12.7. The Bertz CT molecular complexity index is 1210. The number of rotatable bonds is 12. The van der Waals surface area contributed by atoms with Crippen LogP contribution in [0.2, 0.25) is 0 Å². The van der Waals surface area contributed by atoms with E-state index in [0.29, 0.717) is 42.3 Å². The second kappa shape index (κ2) is 12.2. The standard InChI is InChI=1S/C29H31NO7/c1-34-19-15-26(35-2)24(27(16-19)36-14-8-7-13-28(31)32)17-30-29(33)37-18-25-22-11-5-3-9-20(22)21-10-4-6-12-23(21)25/h3-6,9-12,15-16,25H,7-8,13-14,17-18H2,1-2H3,(H,30,33)(H,31,32). The minimum Gasteiger partial charge on any atom is -0.496 e. The van der Waals surface area contributed by atoms with Crippen molar-refractivity contribution < 1.29 is 33.6 Å². The Hall–Kier alpha value is -4.20. The topological polar surface area (TPSA) is 103 Å². The molecule has 0 aliphatic heterocycles. The molecule has 3 aromatic carbocycles. The molecule has 8 nitrogen and oxygen atoms in total. The number of aliphatic carboxylic acids is 1. The molecule has 0 aromatic heterocycles. The first-order valence-corrected chi connectivity index (χ1v) is 12.2. The number of hydrogen-bond acceptors (Lipinski definition) is 6. The minimum atomic E-state index is -0.837. The highest BCUT2D eigenvalue weighted by Gasteiger charge is 2.29. The van der Waals surface area contributed by atoms with E-state index >= 15 is 0 Å². The molecule has 0 unspecified atom stereocenters. The Labute approximate surface area is 216 Å². The molecule has 0 saturated heterocycles. The van der Waals surface area contributed by atoms with Crippen LogP contribution in [0.3, 0.4) is 0 Å². The molecule has 8 heteroatoms. The van der Waals surface area contributed by atoms with Crippen molar-refractivity contribution in [3.8, 4) is 28.4 Å². The number of methoxy groups -OCH3 is 2. The average Bonchev–Trinajstić information content (AvgIpc) is 3.23. The first-order valence-electron chi connectivity index (χ1n) is 12.2. The summed E-state index contributed by atoms with van der Waals surface area (Å²) >= 11 is 0. The van der Waals surface area contributed by atoms with Crippen molar-refractivity contribution in [3.05, 3.63) is 77.4 Å². The van der Waals surface area contributed by atoms with Crippen molar-refractivity contribution in [1.29, 1.82) is 0 Å². The molecule has 37 heavy (non-hydrogen) atoms. The van der Waals surface area contributed by atoms with Crippen molar-refractivity contribution >= 4 is 12.1 Å². The van der Waals surface area contributed by atoms with Crippen LogP contribution < -0.4 is 19.5 Å². The average molecular weight is 506 g/mol. The Kier molecular flexibility index (Phi) is 8.51. The number of carboxylic acid groups (broad SMARTS) is 1. The summed E-state index contributed by atoms with van der Waals surface area (Å²) in [5.74, 6) is 0.668. The zero-order chi connectivity index (χ0) is 26.2. The summed E-state index contributed by atoms with van der Waals surface area (Å²) in [7, 11) is 3.07. The van der Waals surface area contributed by atoms with Crippen molar-refractivity contribution in [2.45, 2.75) is 31.7 Å². The van der Waals surface area contributed by atoms with E-state index < -0.39 is 12.1 Å². The fourth-order valence-electron chi connectivity index (χ4n) is 4.57. The van der Waals surface area contributed by atoms with Gasteiger partial charge in [0, 0.05) is 24.5 Å². The molecule has 194 valence electrons. The van der Waals surface area contributed by atoms with Crippen LogP contribution >= 0.6 is 0 Å². The largest absolute Gasteiger partial charge is 0.496 e. The zero-order valence-electron chi connectivity index (χ0n) is 21.0. The van der Waals surface area contributed by atoms with Crippen LogP contribution in [0, 0.1) is 0 Å². The first kappa shape index (κ1) is 25.9. The molecule has 2 N–H and O–H groups in total. The first-order chi connectivity index (χ1) is 18.0. The fourth-order valence-corrected chi connectivity index (χ4v) is 4.57. The number of alkyl carbamates (subject to hydrolysis) is 1. The Morgan fingerprint density at radius 2 is 1.54 bits per heavy atom. The molecule has 0 radical (unpaired) electrons. The van der Waals surface area contributed by atoms with Gasteiger partial charge in [-0.25, -0.2) is 4.79 Å². The van der Waals surface area contributed by atoms with Gasteiger partial charge in [-0.1, -0.05) is 48.5 Å². The number of fused-ring (bicyclic) bond motifs is 3. The lowest BCUT2D eigenvalue weighted by Crippen LogP contribution is -2.26. The number of carboxylic acids is 1. The summed E-state index contributed by atoms with van der Waals surface area (Å²) in [5.41, 5.74) is 5.26. The quantitative estimate of drug-likeness (QED) is 0.319. The Morgan fingerprint density at radius 1 is 0.892 bits per heavy atom. The van der Waals surface area contributed by atoms with Gasteiger partial charge in [0.15, 0.2) is 0 Å². The van der Waals surface area contributed by atoms with Crippen LogP contribution in [0.5, 0.6) is 17.2 Å². The number of carbonyl (C=O) groups excluding carboxylic acids is 1. The third kappa shape index (κ3) is 6.14. The summed E-state index contributed by atoms with van der Waals surface area (Å²) in [6.45, 7) is 0.655. The maximum Gasteiger partial charge on any atom is 0.407 e. The molecule has 1 aliphatic carbocycles. The van der Waals surface area contributed by atoms with Gasteiger partial charge in [0.2, 0.25) is 0 Å². The molecule has 0 spiro atoms. The number of carbonyl (C=O) groups is 2. The number of hydrogen-bond donors (Lipinski definition) is 2. The van der Waals surface area contributed by atoms with Gasteiger partial charge in [-0.2, -0.15) is 0 Å². The lowest BCUT2D eigenvalue weighted by atomic mass is 9.98. The summed E-state index contributed by atoms with van der Waals surface area (Å²) in [6.07, 6.45) is 0.614. The number of nitrogens with one attached hydrogen (secondary N) is 1. The molecule has 0 fully saturated rings. The summed E-state index contributed by atoms with van der Waals surface area (Å²) < 4.78 is 22.4. The van der Waals surface area contributed by atoms with Gasteiger partial charge in [0.1, 0.15) is 23.9 Å². The Morgan fingerprint density at radius 3 is 2.16 bits per heavy atom. The van der Waals surface area contributed by atoms with E-state index in [1.54, 1.807) is 19.2 Å². The third-order valence-electron chi connectivity index (χ3n) is 6.39.